The number of hydrogen-bond acceptors (Lipinski definition) is 4. The van der Waals surface area contributed by atoms with E-state index in [1.54, 1.807) is 0 Å². The smallest absolute Gasteiger partial charge is 0.258 e. The Bertz CT molecular complexity index is 796. The SMILES string of the molecule is CCCCCNC(=S)NNC(=O)Cn1c(-c2ccc(C)cc2)csc1=S. The van der Waals surface area contributed by atoms with Crippen molar-refractivity contribution in [1.29, 1.82) is 0 Å². The van der Waals surface area contributed by atoms with Gasteiger partial charge in [-0.15, -0.1) is 11.3 Å². The van der Waals surface area contributed by atoms with Crippen LogP contribution in [0.4, 0.5) is 0 Å². The molecule has 8 heteroatoms. The van der Waals surface area contributed by atoms with Crippen LogP contribution < -0.4 is 16.2 Å². The fraction of sp³-hybridized carbons (Fsp3) is 0.389. The monoisotopic (exact) mass is 408 g/mol. The van der Waals surface area contributed by atoms with Crippen molar-refractivity contribution in [3.63, 3.8) is 0 Å². The number of thiocarbonyl (C=S) groups is 1. The van der Waals surface area contributed by atoms with Crippen LogP contribution in [0.5, 0.6) is 0 Å². The Hall–Kier alpha value is -1.77. The van der Waals surface area contributed by atoms with Gasteiger partial charge in [0.05, 0.1) is 5.69 Å². The number of rotatable bonds is 7. The van der Waals surface area contributed by atoms with E-state index < -0.39 is 0 Å². The third-order valence-corrected chi connectivity index (χ3v) is 5.33. The van der Waals surface area contributed by atoms with Crippen LogP contribution in [0, 0.1) is 10.9 Å². The van der Waals surface area contributed by atoms with Crippen LogP contribution in [0.2, 0.25) is 0 Å². The summed E-state index contributed by atoms with van der Waals surface area (Å²) in [6.07, 6.45) is 3.36. The minimum Gasteiger partial charge on any atom is -0.361 e. The predicted molar refractivity (Wildman–Crippen MR) is 115 cm³/mol. The van der Waals surface area contributed by atoms with Crippen LogP contribution in [-0.2, 0) is 11.3 Å². The molecule has 0 aliphatic rings. The van der Waals surface area contributed by atoms with Crippen molar-refractivity contribution in [2.45, 2.75) is 39.7 Å². The maximum absolute atomic E-state index is 12.3. The van der Waals surface area contributed by atoms with E-state index in [1.807, 2.05) is 41.1 Å². The molecule has 0 aliphatic heterocycles. The van der Waals surface area contributed by atoms with Gasteiger partial charge in [0.15, 0.2) is 9.07 Å². The van der Waals surface area contributed by atoms with E-state index >= 15 is 0 Å². The quantitative estimate of drug-likeness (QED) is 0.368. The van der Waals surface area contributed by atoms with Crippen molar-refractivity contribution in [2.75, 3.05) is 6.54 Å². The molecule has 0 unspecified atom stereocenters. The van der Waals surface area contributed by atoms with Crippen LogP contribution in [0.3, 0.4) is 0 Å². The first-order valence-corrected chi connectivity index (χ1v) is 10.3. The number of thiazole rings is 1. The maximum atomic E-state index is 12.3. The van der Waals surface area contributed by atoms with E-state index in [-0.39, 0.29) is 12.5 Å². The molecule has 1 aromatic heterocycles. The van der Waals surface area contributed by atoms with Gasteiger partial charge < -0.3 is 9.88 Å². The standard InChI is InChI=1S/C18H24N4OS3/c1-3-4-5-10-19-17(24)21-20-16(23)11-22-15(12-26-18(22)25)14-8-6-13(2)7-9-14/h6-9,12H,3-5,10-11H2,1-2H3,(H,20,23)(H2,19,21,24). The summed E-state index contributed by atoms with van der Waals surface area (Å²) in [5.74, 6) is -0.203. The Labute approximate surface area is 168 Å². The largest absolute Gasteiger partial charge is 0.361 e. The summed E-state index contributed by atoms with van der Waals surface area (Å²) in [6.45, 7) is 5.12. The van der Waals surface area contributed by atoms with Crippen molar-refractivity contribution in [3.05, 3.63) is 39.2 Å². The molecule has 0 bridgehead atoms. The average molecular weight is 409 g/mol. The number of aryl methyl sites for hydroxylation is 1. The molecule has 0 fully saturated rings. The fourth-order valence-corrected chi connectivity index (χ4v) is 3.59. The second-order valence-corrected chi connectivity index (χ2v) is 7.89. The Balaban J connectivity index is 1.91. The van der Waals surface area contributed by atoms with Gasteiger partial charge >= 0.3 is 0 Å². The number of benzene rings is 1. The van der Waals surface area contributed by atoms with Gasteiger partial charge in [-0.05, 0) is 43.3 Å². The maximum Gasteiger partial charge on any atom is 0.258 e. The summed E-state index contributed by atoms with van der Waals surface area (Å²) < 4.78 is 2.50. The first-order chi connectivity index (χ1) is 12.5. The first-order valence-electron chi connectivity index (χ1n) is 8.59. The summed E-state index contributed by atoms with van der Waals surface area (Å²) in [7, 11) is 0. The lowest BCUT2D eigenvalue weighted by Gasteiger charge is -2.13. The van der Waals surface area contributed by atoms with Gasteiger partial charge in [-0.1, -0.05) is 49.6 Å². The summed E-state index contributed by atoms with van der Waals surface area (Å²) >= 11 is 12.0. The Morgan fingerprint density at radius 3 is 2.62 bits per heavy atom. The summed E-state index contributed by atoms with van der Waals surface area (Å²) in [4.78, 5) is 12.3. The molecule has 0 atom stereocenters. The second-order valence-electron chi connectivity index (χ2n) is 5.98. The highest BCUT2D eigenvalue weighted by Crippen LogP contribution is 2.24. The van der Waals surface area contributed by atoms with Gasteiger partial charge in [0.25, 0.3) is 5.91 Å². The van der Waals surface area contributed by atoms with Crippen molar-refractivity contribution in [1.82, 2.24) is 20.7 Å². The molecular weight excluding hydrogens is 384 g/mol. The van der Waals surface area contributed by atoms with Crippen molar-refractivity contribution in [3.8, 4) is 11.3 Å². The predicted octanol–water partition coefficient (Wildman–Crippen LogP) is 3.94. The van der Waals surface area contributed by atoms with Crippen LogP contribution in [0.25, 0.3) is 11.3 Å². The number of hydrazine groups is 1. The first kappa shape index (κ1) is 20.5. The highest BCUT2D eigenvalue weighted by molar-refractivity contribution is 7.80. The van der Waals surface area contributed by atoms with E-state index in [0.717, 1.165) is 37.1 Å². The lowest BCUT2D eigenvalue weighted by Crippen LogP contribution is -2.47. The van der Waals surface area contributed by atoms with Gasteiger partial charge in [0.2, 0.25) is 0 Å². The van der Waals surface area contributed by atoms with E-state index in [0.29, 0.717) is 9.07 Å². The molecule has 0 aliphatic carbocycles. The zero-order valence-electron chi connectivity index (χ0n) is 15.0. The minimum atomic E-state index is -0.203. The van der Waals surface area contributed by atoms with Gasteiger partial charge in [-0.3, -0.25) is 15.6 Å². The van der Waals surface area contributed by atoms with Gasteiger partial charge in [0, 0.05) is 11.9 Å². The van der Waals surface area contributed by atoms with Crippen LogP contribution >= 0.6 is 35.8 Å². The Morgan fingerprint density at radius 2 is 1.92 bits per heavy atom. The molecule has 3 N–H and O–H groups in total. The van der Waals surface area contributed by atoms with Gasteiger partial charge in [-0.2, -0.15) is 0 Å². The van der Waals surface area contributed by atoms with E-state index in [9.17, 15) is 4.79 Å². The minimum absolute atomic E-state index is 0.136. The van der Waals surface area contributed by atoms with E-state index in [1.165, 1.54) is 16.9 Å². The number of nitrogens with zero attached hydrogens (tertiary/aromatic N) is 1. The van der Waals surface area contributed by atoms with Crippen LogP contribution in [0.15, 0.2) is 29.6 Å². The third kappa shape index (κ3) is 6.19. The van der Waals surface area contributed by atoms with Gasteiger partial charge in [-0.25, -0.2) is 0 Å². The third-order valence-electron chi connectivity index (χ3n) is 3.81. The molecule has 0 saturated carbocycles. The molecule has 5 nitrogen and oxygen atoms in total. The highest BCUT2D eigenvalue weighted by atomic mass is 32.1. The highest BCUT2D eigenvalue weighted by Gasteiger charge is 2.11. The molecule has 1 amide bonds. The molecule has 1 aromatic carbocycles. The fourth-order valence-electron chi connectivity index (χ4n) is 2.36. The Kier molecular flexibility index (Phi) is 8.21. The molecule has 2 rings (SSSR count). The van der Waals surface area contributed by atoms with Crippen LogP contribution in [0.1, 0.15) is 31.7 Å². The molecule has 0 radical (unpaired) electrons. The molecule has 140 valence electrons. The summed E-state index contributed by atoms with van der Waals surface area (Å²) in [5.41, 5.74) is 8.53. The summed E-state index contributed by atoms with van der Waals surface area (Å²) in [6, 6.07) is 8.16. The van der Waals surface area contributed by atoms with E-state index in [2.05, 4.69) is 23.1 Å². The number of carbonyl (C=O) groups is 1. The number of aromatic nitrogens is 1. The van der Waals surface area contributed by atoms with E-state index in [4.69, 9.17) is 24.4 Å². The number of nitrogens with one attached hydrogen (secondary N) is 3. The Morgan fingerprint density at radius 1 is 1.19 bits per heavy atom. The molecule has 0 spiro atoms. The van der Waals surface area contributed by atoms with Crippen molar-refractivity contribution >= 4 is 46.8 Å². The number of amides is 1. The normalized spacial score (nSPS) is 10.4. The lowest BCUT2D eigenvalue weighted by molar-refractivity contribution is -0.122. The molecule has 26 heavy (non-hydrogen) atoms. The summed E-state index contributed by atoms with van der Waals surface area (Å²) in [5, 5.41) is 5.46. The second kappa shape index (κ2) is 10.4. The molecule has 1 heterocycles. The number of hydrogen-bond donors (Lipinski definition) is 3. The van der Waals surface area contributed by atoms with Crippen molar-refractivity contribution < 1.29 is 4.79 Å². The lowest BCUT2D eigenvalue weighted by atomic mass is 10.1. The van der Waals surface area contributed by atoms with Crippen molar-refractivity contribution in [2.24, 2.45) is 0 Å². The van der Waals surface area contributed by atoms with Crippen LogP contribution in [-0.4, -0.2) is 22.1 Å². The topological polar surface area (TPSA) is 58.1 Å². The molecule has 0 saturated heterocycles. The molecule has 2 aromatic rings. The molecular formula is C18H24N4OS3. The number of carbonyl (C=O) groups excluding carboxylic acids is 1. The number of unbranched alkanes of at least 4 members (excludes halogenated alkanes) is 2. The zero-order valence-corrected chi connectivity index (χ0v) is 17.5. The zero-order chi connectivity index (χ0) is 18.9. The van der Waals surface area contributed by atoms with Gasteiger partial charge in [0.1, 0.15) is 6.54 Å². The average Bonchev–Trinajstić information content (AvgIpc) is 2.98.